The van der Waals surface area contributed by atoms with E-state index in [4.69, 9.17) is 4.74 Å². The molecule has 0 aliphatic heterocycles. The molecular weight excluding hydrogens is 306 g/mol. The molecule has 0 aliphatic carbocycles. The van der Waals surface area contributed by atoms with E-state index in [9.17, 15) is 9.90 Å². The molecule has 0 spiro atoms. The lowest BCUT2D eigenvalue weighted by molar-refractivity contribution is -0.123. The maximum absolute atomic E-state index is 12.5. The Bertz CT molecular complexity index is 675. The molecule has 0 fully saturated rings. The lowest BCUT2D eigenvalue weighted by atomic mass is 9.97. The van der Waals surface area contributed by atoms with Crippen molar-refractivity contribution in [3.8, 4) is 5.75 Å². The van der Waals surface area contributed by atoms with E-state index in [0.29, 0.717) is 0 Å². The number of benzene rings is 1. The zero-order valence-electron chi connectivity index (χ0n) is 14.8. The van der Waals surface area contributed by atoms with Crippen LogP contribution in [0.4, 0.5) is 0 Å². The van der Waals surface area contributed by atoms with Crippen LogP contribution in [0.1, 0.15) is 48.4 Å². The molecule has 2 aromatic rings. The van der Waals surface area contributed by atoms with Crippen molar-refractivity contribution < 1.29 is 14.6 Å². The number of methoxy groups -OCH3 is 1. The molecule has 1 aromatic heterocycles. The van der Waals surface area contributed by atoms with Gasteiger partial charge in [-0.25, -0.2) is 0 Å². The Morgan fingerprint density at radius 2 is 1.88 bits per heavy atom. The number of aliphatic hydroxyl groups excluding tert-OH is 1. The van der Waals surface area contributed by atoms with E-state index in [0.717, 1.165) is 28.3 Å². The first kappa shape index (κ1) is 18.0. The number of nitrogens with one attached hydrogen (secondary N) is 2. The topological polar surface area (TPSA) is 87.2 Å². The van der Waals surface area contributed by atoms with Crippen LogP contribution < -0.4 is 10.1 Å². The first-order valence-corrected chi connectivity index (χ1v) is 7.99. The van der Waals surface area contributed by atoms with Gasteiger partial charge in [-0.15, -0.1) is 0 Å². The van der Waals surface area contributed by atoms with Crippen LogP contribution in [0.25, 0.3) is 0 Å². The third kappa shape index (κ3) is 3.76. The summed E-state index contributed by atoms with van der Waals surface area (Å²) in [7, 11) is 1.59. The number of carbonyl (C=O) groups excluding carboxylic acids is 1. The quantitative estimate of drug-likeness (QED) is 0.758. The van der Waals surface area contributed by atoms with E-state index in [1.165, 1.54) is 0 Å². The number of hydrogen-bond acceptors (Lipinski definition) is 4. The van der Waals surface area contributed by atoms with E-state index in [1.54, 1.807) is 38.3 Å². The third-order valence-electron chi connectivity index (χ3n) is 4.31. The van der Waals surface area contributed by atoms with Crippen molar-refractivity contribution in [2.45, 2.75) is 45.8 Å². The average molecular weight is 331 g/mol. The fourth-order valence-electron chi connectivity index (χ4n) is 2.85. The highest BCUT2D eigenvalue weighted by atomic mass is 16.5. The number of carbonyl (C=O) groups is 1. The molecule has 1 heterocycles. The summed E-state index contributed by atoms with van der Waals surface area (Å²) in [6.45, 7) is 7.40. The standard InChI is InChI=1S/C18H25N3O3/c1-10(16-11(2)20-21-12(16)3)18(23)19-13(4)17(22)14-6-8-15(24-5)9-7-14/h6-10,13,17,22H,1-5H3,(H,19,23)(H,20,21). The Hall–Kier alpha value is -2.34. The number of H-pyrrole nitrogens is 1. The Morgan fingerprint density at radius 3 is 2.38 bits per heavy atom. The van der Waals surface area contributed by atoms with Crippen LogP contribution in [0.3, 0.4) is 0 Å². The Balaban J connectivity index is 2.04. The second-order valence-electron chi connectivity index (χ2n) is 6.08. The second-order valence-corrected chi connectivity index (χ2v) is 6.08. The number of aromatic amines is 1. The van der Waals surface area contributed by atoms with Gasteiger partial charge in [0, 0.05) is 11.3 Å². The number of nitrogens with zero attached hydrogens (tertiary/aromatic N) is 1. The van der Waals surface area contributed by atoms with Crippen molar-refractivity contribution in [3.63, 3.8) is 0 Å². The van der Waals surface area contributed by atoms with Crippen molar-refractivity contribution >= 4 is 5.91 Å². The van der Waals surface area contributed by atoms with Gasteiger partial charge in [0.25, 0.3) is 0 Å². The van der Waals surface area contributed by atoms with Gasteiger partial charge in [0.2, 0.25) is 5.91 Å². The first-order valence-electron chi connectivity index (χ1n) is 7.99. The normalized spacial score (nSPS) is 14.8. The van der Waals surface area contributed by atoms with Crippen LogP contribution in [-0.2, 0) is 4.79 Å². The molecule has 6 heteroatoms. The summed E-state index contributed by atoms with van der Waals surface area (Å²) in [6, 6.07) is 6.74. The summed E-state index contributed by atoms with van der Waals surface area (Å²) in [5, 5.41) is 20.4. The van der Waals surface area contributed by atoms with Crippen molar-refractivity contribution in [2.24, 2.45) is 0 Å². The number of aromatic nitrogens is 2. The van der Waals surface area contributed by atoms with Crippen molar-refractivity contribution in [1.29, 1.82) is 0 Å². The Kier molecular flexibility index (Phi) is 5.62. The van der Waals surface area contributed by atoms with Gasteiger partial charge >= 0.3 is 0 Å². The summed E-state index contributed by atoms with van der Waals surface area (Å²) in [5.74, 6) is 0.249. The van der Waals surface area contributed by atoms with Crippen molar-refractivity contribution in [1.82, 2.24) is 15.5 Å². The van der Waals surface area contributed by atoms with E-state index in [-0.39, 0.29) is 11.8 Å². The van der Waals surface area contributed by atoms with Crippen LogP contribution in [0.15, 0.2) is 24.3 Å². The molecule has 3 atom stereocenters. The third-order valence-corrected chi connectivity index (χ3v) is 4.31. The Morgan fingerprint density at radius 1 is 1.25 bits per heavy atom. The van der Waals surface area contributed by atoms with Gasteiger partial charge < -0.3 is 15.2 Å². The zero-order chi connectivity index (χ0) is 17.9. The minimum absolute atomic E-state index is 0.136. The molecule has 0 bridgehead atoms. The molecule has 0 radical (unpaired) electrons. The average Bonchev–Trinajstić information content (AvgIpc) is 2.92. The molecule has 24 heavy (non-hydrogen) atoms. The maximum Gasteiger partial charge on any atom is 0.227 e. The molecule has 6 nitrogen and oxygen atoms in total. The van der Waals surface area contributed by atoms with Crippen LogP contribution >= 0.6 is 0 Å². The van der Waals surface area contributed by atoms with Crippen LogP contribution in [0, 0.1) is 13.8 Å². The van der Waals surface area contributed by atoms with Gasteiger partial charge in [0.15, 0.2) is 0 Å². The van der Waals surface area contributed by atoms with Crippen LogP contribution in [0.5, 0.6) is 5.75 Å². The summed E-state index contributed by atoms with van der Waals surface area (Å²) in [4.78, 5) is 12.5. The van der Waals surface area contributed by atoms with Gasteiger partial charge in [-0.3, -0.25) is 9.89 Å². The van der Waals surface area contributed by atoms with Gasteiger partial charge in [-0.05, 0) is 45.4 Å². The zero-order valence-corrected chi connectivity index (χ0v) is 14.8. The number of ether oxygens (including phenoxy) is 1. The largest absolute Gasteiger partial charge is 0.497 e. The van der Waals surface area contributed by atoms with E-state index < -0.39 is 12.1 Å². The fraction of sp³-hybridized carbons (Fsp3) is 0.444. The van der Waals surface area contributed by atoms with E-state index in [2.05, 4.69) is 15.5 Å². The molecule has 130 valence electrons. The van der Waals surface area contributed by atoms with E-state index >= 15 is 0 Å². The number of aliphatic hydroxyl groups is 1. The lowest BCUT2D eigenvalue weighted by Gasteiger charge is -2.23. The van der Waals surface area contributed by atoms with Crippen molar-refractivity contribution in [2.75, 3.05) is 7.11 Å². The lowest BCUT2D eigenvalue weighted by Crippen LogP contribution is -2.39. The van der Waals surface area contributed by atoms with Crippen molar-refractivity contribution in [3.05, 3.63) is 46.8 Å². The molecular formula is C18H25N3O3. The van der Waals surface area contributed by atoms with Gasteiger partial charge in [0.1, 0.15) is 5.75 Å². The minimum atomic E-state index is -0.793. The van der Waals surface area contributed by atoms with Crippen LogP contribution in [0.2, 0.25) is 0 Å². The molecule has 2 rings (SSSR count). The SMILES string of the molecule is COc1ccc(C(O)C(C)NC(=O)C(C)c2c(C)n[nH]c2C)cc1. The van der Waals surface area contributed by atoms with E-state index in [1.807, 2.05) is 20.8 Å². The summed E-state index contributed by atoms with van der Waals surface area (Å²) >= 11 is 0. The minimum Gasteiger partial charge on any atom is -0.497 e. The summed E-state index contributed by atoms with van der Waals surface area (Å²) in [5.41, 5.74) is 3.34. The van der Waals surface area contributed by atoms with Gasteiger partial charge in [-0.2, -0.15) is 5.10 Å². The predicted octanol–water partition coefficient (Wildman–Crippen LogP) is 2.38. The maximum atomic E-state index is 12.5. The Labute approximate surface area is 142 Å². The number of amides is 1. The molecule has 0 saturated carbocycles. The smallest absolute Gasteiger partial charge is 0.227 e. The highest BCUT2D eigenvalue weighted by Gasteiger charge is 2.25. The second kappa shape index (κ2) is 7.49. The summed E-state index contributed by atoms with van der Waals surface area (Å²) in [6.07, 6.45) is -0.793. The number of hydrogen-bond donors (Lipinski definition) is 3. The molecule has 1 amide bonds. The molecule has 0 aliphatic rings. The predicted molar refractivity (Wildman–Crippen MR) is 92.0 cm³/mol. The first-order chi connectivity index (χ1) is 11.3. The number of aryl methyl sites for hydroxylation is 2. The highest BCUT2D eigenvalue weighted by molar-refractivity contribution is 5.84. The monoisotopic (exact) mass is 331 g/mol. The fourth-order valence-corrected chi connectivity index (χ4v) is 2.85. The summed E-state index contributed by atoms with van der Waals surface area (Å²) < 4.78 is 5.11. The number of rotatable bonds is 6. The molecule has 0 saturated heterocycles. The van der Waals surface area contributed by atoms with Crippen LogP contribution in [-0.4, -0.2) is 34.4 Å². The molecule has 1 aromatic carbocycles. The van der Waals surface area contributed by atoms with Gasteiger partial charge in [0.05, 0.1) is 30.9 Å². The highest BCUT2D eigenvalue weighted by Crippen LogP contribution is 2.24. The molecule has 3 N–H and O–H groups in total. The molecule has 3 unspecified atom stereocenters. The van der Waals surface area contributed by atoms with Gasteiger partial charge in [-0.1, -0.05) is 12.1 Å².